The zero-order valence-electron chi connectivity index (χ0n) is 21.2. The summed E-state index contributed by atoms with van der Waals surface area (Å²) >= 11 is 0. The molecule has 190 valence electrons. The molecule has 3 aromatic rings. The predicted molar refractivity (Wildman–Crippen MR) is 133 cm³/mol. The second-order valence-electron chi connectivity index (χ2n) is 10.6. The molecule has 0 radical (unpaired) electrons. The first-order valence-corrected chi connectivity index (χ1v) is 13.0. The summed E-state index contributed by atoms with van der Waals surface area (Å²) in [4.78, 5) is 35.6. The monoisotopic (exact) mass is 490 g/mol. The molecule has 8 heteroatoms. The number of aliphatic hydroxyl groups is 1. The maximum Gasteiger partial charge on any atom is 0.317 e. The number of aliphatic hydroxyl groups excluding tert-OH is 1. The van der Waals surface area contributed by atoms with Crippen LogP contribution in [0.4, 0.5) is 0 Å². The molecular formula is C28H34N4O4. The molecule has 2 fully saturated rings. The maximum atomic E-state index is 13.4. The molecule has 1 saturated carbocycles. The highest BCUT2D eigenvalue weighted by Crippen LogP contribution is 2.45. The number of esters is 1. The van der Waals surface area contributed by atoms with Gasteiger partial charge in [-0.25, -0.2) is 9.50 Å². The molecule has 0 amide bonds. The predicted octanol–water partition coefficient (Wildman–Crippen LogP) is 4.03. The van der Waals surface area contributed by atoms with Crippen LogP contribution in [0.5, 0.6) is 0 Å². The van der Waals surface area contributed by atoms with Gasteiger partial charge in [0.2, 0.25) is 0 Å². The Morgan fingerprint density at radius 1 is 1.14 bits per heavy atom. The molecule has 2 aliphatic rings. The Morgan fingerprint density at radius 2 is 1.86 bits per heavy atom. The minimum absolute atomic E-state index is 0.0812. The molecule has 3 heterocycles. The van der Waals surface area contributed by atoms with Crippen molar-refractivity contribution in [1.29, 1.82) is 0 Å². The van der Waals surface area contributed by atoms with Crippen molar-refractivity contribution in [3.8, 4) is 0 Å². The SMILES string of the molecule is Cc1cc(C)n2nc(CC3C(=O)CC(CCc4ccc([C@@H](C)O)cc4)(C4CCCC4)OC3=O)nc2n1. The lowest BCUT2D eigenvalue weighted by atomic mass is 9.73. The lowest BCUT2D eigenvalue weighted by molar-refractivity contribution is -0.185. The molecule has 2 unspecified atom stereocenters. The topological polar surface area (TPSA) is 107 Å². The van der Waals surface area contributed by atoms with Crippen LogP contribution in [-0.2, 0) is 27.2 Å². The standard InChI is InChI=1S/C28H34N4O4/c1-17-14-18(2)32-27(29-17)30-25(31-32)15-23-24(34)16-28(36-26(23)35,22-6-4-5-7-22)13-12-20-8-10-21(11-9-20)19(3)33/h8-11,14,19,22-23,33H,4-7,12-13,15-16H2,1-3H3/t19-,23?,28?/m1/s1. The molecule has 3 atom stereocenters. The summed E-state index contributed by atoms with van der Waals surface area (Å²) in [7, 11) is 0. The van der Waals surface area contributed by atoms with Gasteiger partial charge in [0.1, 0.15) is 11.5 Å². The fraction of sp³-hybridized carbons (Fsp3) is 0.536. The number of nitrogens with zero attached hydrogens (tertiary/aromatic N) is 4. The van der Waals surface area contributed by atoms with Crippen LogP contribution in [0.2, 0.25) is 0 Å². The van der Waals surface area contributed by atoms with E-state index in [1.54, 1.807) is 11.4 Å². The minimum Gasteiger partial charge on any atom is -0.458 e. The molecule has 1 aromatic carbocycles. The number of aromatic nitrogens is 4. The maximum absolute atomic E-state index is 13.4. The Balaban J connectivity index is 1.34. The van der Waals surface area contributed by atoms with Crippen molar-refractivity contribution < 1.29 is 19.4 Å². The van der Waals surface area contributed by atoms with Gasteiger partial charge in [-0.2, -0.15) is 4.98 Å². The molecule has 36 heavy (non-hydrogen) atoms. The summed E-state index contributed by atoms with van der Waals surface area (Å²) in [5.74, 6) is -0.321. The van der Waals surface area contributed by atoms with E-state index in [0.717, 1.165) is 48.2 Å². The van der Waals surface area contributed by atoms with E-state index in [9.17, 15) is 14.7 Å². The molecular weight excluding hydrogens is 456 g/mol. The highest BCUT2D eigenvalue weighted by Gasteiger charge is 2.51. The molecule has 1 N–H and O–H groups in total. The summed E-state index contributed by atoms with van der Waals surface area (Å²) in [6.07, 6.45) is 5.33. The number of ketones is 1. The average molecular weight is 491 g/mol. The number of fused-ring (bicyclic) bond motifs is 1. The fourth-order valence-electron chi connectivity index (χ4n) is 5.87. The van der Waals surface area contributed by atoms with Crippen molar-refractivity contribution in [2.75, 3.05) is 0 Å². The summed E-state index contributed by atoms with van der Waals surface area (Å²) in [5.41, 5.74) is 2.96. The lowest BCUT2D eigenvalue weighted by Crippen LogP contribution is -2.52. The van der Waals surface area contributed by atoms with E-state index >= 15 is 0 Å². The summed E-state index contributed by atoms with van der Waals surface area (Å²) in [6, 6.07) is 9.78. The molecule has 0 bridgehead atoms. The molecule has 8 nitrogen and oxygen atoms in total. The number of carbonyl (C=O) groups is 2. The number of Topliss-reactive ketones (excluding diaryl/α,β-unsaturated/α-hetero) is 1. The lowest BCUT2D eigenvalue weighted by Gasteiger charge is -2.43. The van der Waals surface area contributed by atoms with Crippen LogP contribution in [0, 0.1) is 25.7 Å². The van der Waals surface area contributed by atoms with E-state index in [1.165, 1.54) is 0 Å². The van der Waals surface area contributed by atoms with Crippen molar-refractivity contribution in [1.82, 2.24) is 19.6 Å². The second-order valence-corrected chi connectivity index (χ2v) is 10.6. The van der Waals surface area contributed by atoms with Crippen LogP contribution in [-0.4, -0.2) is 42.0 Å². The number of cyclic esters (lactones) is 1. The Kier molecular flexibility index (Phi) is 6.64. The van der Waals surface area contributed by atoms with Crippen molar-refractivity contribution in [2.24, 2.45) is 11.8 Å². The Bertz CT molecular complexity index is 1260. The van der Waals surface area contributed by atoms with Gasteiger partial charge in [-0.1, -0.05) is 37.1 Å². The molecule has 1 saturated heterocycles. The molecule has 1 aliphatic carbocycles. The van der Waals surface area contributed by atoms with E-state index in [0.29, 0.717) is 24.4 Å². The summed E-state index contributed by atoms with van der Waals surface area (Å²) in [5, 5.41) is 14.3. The number of hydrogen-bond acceptors (Lipinski definition) is 7. The van der Waals surface area contributed by atoms with Crippen LogP contribution < -0.4 is 0 Å². The molecule has 2 aromatic heterocycles. The third kappa shape index (κ3) is 4.78. The van der Waals surface area contributed by atoms with Gasteiger partial charge in [0, 0.05) is 24.2 Å². The van der Waals surface area contributed by atoms with Crippen molar-refractivity contribution in [2.45, 2.75) is 83.8 Å². The quantitative estimate of drug-likeness (QED) is 0.394. The van der Waals surface area contributed by atoms with Crippen molar-refractivity contribution in [3.63, 3.8) is 0 Å². The van der Waals surface area contributed by atoms with E-state index < -0.39 is 23.6 Å². The largest absolute Gasteiger partial charge is 0.458 e. The van der Waals surface area contributed by atoms with Gasteiger partial charge in [-0.05, 0) is 69.6 Å². The normalized spacial score (nSPS) is 23.8. The van der Waals surface area contributed by atoms with Crippen LogP contribution >= 0.6 is 0 Å². The Hall–Kier alpha value is -3.13. The summed E-state index contributed by atoms with van der Waals surface area (Å²) < 4.78 is 7.88. The van der Waals surface area contributed by atoms with Crippen molar-refractivity contribution in [3.05, 3.63) is 58.7 Å². The van der Waals surface area contributed by atoms with Gasteiger partial charge < -0.3 is 9.84 Å². The van der Waals surface area contributed by atoms with E-state index in [2.05, 4.69) is 15.1 Å². The number of carbonyl (C=O) groups excluding carboxylic acids is 2. The van der Waals surface area contributed by atoms with Crippen LogP contribution in [0.25, 0.3) is 5.78 Å². The number of hydrogen-bond donors (Lipinski definition) is 1. The van der Waals surface area contributed by atoms with Gasteiger partial charge in [0.05, 0.1) is 6.10 Å². The first kappa shape index (κ1) is 24.6. The fourth-order valence-corrected chi connectivity index (χ4v) is 5.87. The first-order valence-electron chi connectivity index (χ1n) is 13.0. The van der Waals surface area contributed by atoms with Gasteiger partial charge in [-0.15, -0.1) is 5.10 Å². The van der Waals surface area contributed by atoms with Gasteiger partial charge >= 0.3 is 5.97 Å². The zero-order valence-corrected chi connectivity index (χ0v) is 21.2. The Labute approximate surface area is 211 Å². The first-order chi connectivity index (χ1) is 17.2. The van der Waals surface area contributed by atoms with Crippen LogP contribution in [0.15, 0.2) is 30.3 Å². The Morgan fingerprint density at radius 3 is 2.53 bits per heavy atom. The number of benzene rings is 1. The van der Waals surface area contributed by atoms with E-state index in [-0.39, 0.29) is 24.5 Å². The smallest absolute Gasteiger partial charge is 0.317 e. The number of ether oxygens (including phenoxy) is 1. The molecule has 5 rings (SSSR count). The van der Waals surface area contributed by atoms with Gasteiger partial charge in [0.25, 0.3) is 5.78 Å². The molecule has 0 spiro atoms. The van der Waals surface area contributed by atoms with Crippen LogP contribution in [0.1, 0.15) is 79.9 Å². The average Bonchev–Trinajstić information content (AvgIpc) is 3.51. The van der Waals surface area contributed by atoms with Crippen LogP contribution in [0.3, 0.4) is 0 Å². The molecule has 1 aliphatic heterocycles. The van der Waals surface area contributed by atoms with E-state index in [4.69, 9.17) is 4.74 Å². The van der Waals surface area contributed by atoms with Gasteiger partial charge in [0.15, 0.2) is 11.6 Å². The number of aryl methyl sites for hydroxylation is 3. The van der Waals surface area contributed by atoms with Crippen molar-refractivity contribution >= 4 is 17.5 Å². The van der Waals surface area contributed by atoms with E-state index in [1.807, 2.05) is 44.2 Å². The third-order valence-electron chi connectivity index (χ3n) is 7.90. The summed E-state index contributed by atoms with van der Waals surface area (Å²) in [6.45, 7) is 5.57. The minimum atomic E-state index is -0.885. The highest BCUT2D eigenvalue weighted by molar-refractivity contribution is 6.01. The highest BCUT2D eigenvalue weighted by atomic mass is 16.6. The number of rotatable bonds is 7. The van der Waals surface area contributed by atoms with Gasteiger partial charge in [-0.3, -0.25) is 9.59 Å². The third-order valence-corrected chi connectivity index (χ3v) is 7.90. The second kappa shape index (κ2) is 9.73. The zero-order chi connectivity index (χ0) is 25.4.